The zero-order chi connectivity index (χ0) is 13.8. The van der Waals surface area contributed by atoms with E-state index in [0.29, 0.717) is 4.88 Å². The predicted molar refractivity (Wildman–Crippen MR) is 75.1 cm³/mol. The SMILES string of the molecule is COC(CNC(=O)c1cc2sccc2s1)CC(=O)O. The lowest BCUT2D eigenvalue weighted by molar-refractivity contribution is -0.139. The first-order chi connectivity index (χ1) is 9.10. The Balaban J connectivity index is 1.93. The zero-order valence-electron chi connectivity index (χ0n) is 10.2. The van der Waals surface area contributed by atoms with Crippen molar-refractivity contribution in [1.29, 1.82) is 0 Å². The van der Waals surface area contributed by atoms with Crippen LogP contribution in [0.1, 0.15) is 16.1 Å². The highest BCUT2D eigenvalue weighted by Crippen LogP contribution is 2.29. The molecule has 19 heavy (non-hydrogen) atoms. The summed E-state index contributed by atoms with van der Waals surface area (Å²) in [6.45, 7) is 0.188. The molecule has 0 fully saturated rings. The summed E-state index contributed by atoms with van der Waals surface area (Å²) in [5, 5.41) is 13.4. The molecule has 2 rings (SSSR count). The van der Waals surface area contributed by atoms with E-state index in [-0.39, 0.29) is 18.9 Å². The fourth-order valence-electron chi connectivity index (χ4n) is 1.60. The van der Waals surface area contributed by atoms with Crippen LogP contribution in [-0.2, 0) is 9.53 Å². The average Bonchev–Trinajstić information content (AvgIpc) is 2.93. The summed E-state index contributed by atoms with van der Waals surface area (Å²) in [5.41, 5.74) is 0. The molecule has 2 aromatic heterocycles. The number of hydrogen-bond acceptors (Lipinski definition) is 5. The molecule has 0 spiro atoms. The highest BCUT2D eigenvalue weighted by atomic mass is 32.1. The molecule has 2 N–H and O–H groups in total. The van der Waals surface area contributed by atoms with Gasteiger partial charge in [-0.25, -0.2) is 0 Å². The first-order valence-electron chi connectivity index (χ1n) is 5.60. The van der Waals surface area contributed by atoms with Crippen molar-refractivity contribution in [2.75, 3.05) is 13.7 Å². The van der Waals surface area contributed by atoms with Crippen molar-refractivity contribution in [3.05, 3.63) is 22.4 Å². The average molecular weight is 299 g/mol. The molecule has 0 radical (unpaired) electrons. The smallest absolute Gasteiger partial charge is 0.306 e. The Morgan fingerprint density at radius 2 is 2.26 bits per heavy atom. The number of hydrogen-bond donors (Lipinski definition) is 2. The van der Waals surface area contributed by atoms with Crippen LogP contribution in [-0.4, -0.2) is 36.7 Å². The van der Waals surface area contributed by atoms with Gasteiger partial charge in [0.15, 0.2) is 0 Å². The molecule has 1 unspecified atom stereocenters. The van der Waals surface area contributed by atoms with Gasteiger partial charge in [-0.05, 0) is 17.5 Å². The number of rotatable bonds is 6. The van der Waals surface area contributed by atoms with E-state index in [2.05, 4.69) is 5.32 Å². The third-order valence-electron chi connectivity index (χ3n) is 2.59. The topological polar surface area (TPSA) is 75.6 Å². The molecule has 2 heterocycles. The summed E-state index contributed by atoms with van der Waals surface area (Å²) in [5.74, 6) is -1.14. The van der Waals surface area contributed by atoms with Gasteiger partial charge < -0.3 is 15.2 Å². The fraction of sp³-hybridized carbons (Fsp3) is 0.333. The predicted octanol–water partition coefficient (Wildman–Crippen LogP) is 2.18. The van der Waals surface area contributed by atoms with E-state index in [9.17, 15) is 9.59 Å². The number of carbonyl (C=O) groups excluding carboxylic acids is 1. The highest BCUT2D eigenvalue weighted by Gasteiger charge is 2.15. The van der Waals surface area contributed by atoms with Crippen molar-refractivity contribution in [2.45, 2.75) is 12.5 Å². The number of fused-ring (bicyclic) bond motifs is 1. The molecule has 102 valence electrons. The van der Waals surface area contributed by atoms with Gasteiger partial charge in [0.1, 0.15) is 0 Å². The van der Waals surface area contributed by atoms with E-state index in [1.54, 1.807) is 11.3 Å². The molecule has 0 aliphatic rings. The largest absolute Gasteiger partial charge is 0.481 e. The third kappa shape index (κ3) is 3.52. The molecule has 1 atom stereocenters. The first kappa shape index (κ1) is 14.0. The lowest BCUT2D eigenvalue weighted by Crippen LogP contribution is -2.34. The van der Waals surface area contributed by atoms with E-state index in [4.69, 9.17) is 9.84 Å². The van der Waals surface area contributed by atoms with Crippen molar-refractivity contribution in [1.82, 2.24) is 5.32 Å². The van der Waals surface area contributed by atoms with Crippen molar-refractivity contribution < 1.29 is 19.4 Å². The molecule has 0 aromatic carbocycles. The van der Waals surface area contributed by atoms with Crippen molar-refractivity contribution >= 4 is 43.9 Å². The number of aliphatic carboxylic acids is 1. The van der Waals surface area contributed by atoms with E-state index in [0.717, 1.165) is 9.40 Å². The summed E-state index contributed by atoms with van der Waals surface area (Å²) >= 11 is 3.02. The number of amides is 1. The van der Waals surface area contributed by atoms with Crippen LogP contribution in [0.4, 0.5) is 0 Å². The van der Waals surface area contributed by atoms with Gasteiger partial charge in [0.25, 0.3) is 5.91 Å². The maximum atomic E-state index is 11.9. The van der Waals surface area contributed by atoms with E-state index in [1.807, 2.05) is 17.5 Å². The van der Waals surface area contributed by atoms with Gasteiger partial charge in [0.2, 0.25) is 0 Å². The summed E-state index contributed by atoms with van der Waals surface area (Å²) < 4.78 is 7.18. The van der Waals surface area contributed by atoms with E-state index in [1.165, 1.54) is 18.4 Å². The standard InChI is InChI=1S/C12H13NO4S2/c1-17-7(4-11(14)15)6-13-12(16)10-5-9-8(19-10)2-3-18-9/h2-3,5,7H,4,6H2,1H3,(H,13,16)(H,14,15). The van der Waals surface area contributed by atoms with Crippen molar-refractivity contribution in [2.24, 2.45) is 0 Å². The number of carboxylic acid groups (broad SMARTS) is 1. The van der Waals surface area contributed by atoms with Crippen LogP contribution in [0.15, 0.2) is 17.5 Å². The van der Waals surface area contributed by atoms with Gasteiger partial charge in [0.05, 0.1) is 17.4 Å². The minimum Gasteiger partial charge on any atom is -0.481 e. The maximum absolute atomic E-state index is 11.9. The third-order valence-corrected chi connectivity index (χ3v) is 4.68. The number of ether oxygens (including phenoxy) is 1. The zero-order valence-corrected chi connectivity index (χ0v) is 11.8. The Kier molecular flexibility index (Phi) is 4.52. The Morgan fingerprint density at radius 3 is 2.89 bits per heavy atom. The molecule has 1 amide bonds. The molecular weight excluding hydrogens is 286 g/mol. The molecule has 0 aliphatic carbocycles. The quantitative estimate of drug-likeness (QED) is 0.857. The molecule has 0 aliphatic heterocycles. The minimum absolute atomic E-state index is 0.129. The molecule has 0 saturated heterocycles. The van der Waals surface area contributed by atoms with Crippen LogP contribution in [0, 0.1) is 0 Å². The summed E-state index contributed by atoms with van der Waals surface area (Å²) in [6, 6.07) is 3.82. The summed E-state index contributed by atoms with van der Waals surface area (Å²) in [4.78, 5) is 23.1. The Hall–Kier alpha value is -1.44. The maximum Gasteiger partial charge on any atom is 0.306 e. The van der Waals surface area contributed by atoms with Gasteiger partial charge in [-0.15, -0.1) is 22.7 Å². The van der Waals surface area contributed by atoms with Crippen LogP contribution in [0.25, 0.3) is 9.40 Å². The number of nitrogens with one attached hydrogen (secondary N) is 1. The second-order valence-corrected chi connectivity index (χ2v) is 5.96. The van der Waals surface area contributed by atoms with Gasteiger partial charge >= 0.3 is 5.97 Å². The Labute approximate surface area is 117 Å². The van der Waals surface area contributed by atoms with E-state index >= 15 is 0 Å². The molecular formula is C12H13NO4S2. The number of thiophene rings is 2. The highest BCUT2D eigenvalue weighted by molar-refractivity contribution is 7.27. The molecule has 2 aromatic rings. The van der Waals surface area contributed by atoms with Crippen LogP contribution >= 0.6 is 22.7 Å². The van der Waals surface area contributed by atoms with Crippen LogP contribution in [0.3, 0.4) is 0 Å². The second kappa shape index (κ2) is 6.14. The van der Waals surface area contributed by atoms with Gasteiger partial charge in [-0.2, -0.15) is 0 Å². The molecule has 0 bridgehead atoms. The lowest BCUT2D eigenvalue weighted by atomic mass is 10.2. The minimum atomic E-state index is -0.947. The second-order valence-electron chi connectivity index (χ2n) is 3.93. The fourth-order valence-corrected chi connectivity index (χ4v) is 3.63. The van der Waals surface area contributed by atoms with E-state index < -0.39 is 12.1 Å². The number of methoxy groups -OCH3 is 1. The molecule has 0 saturated carbocycles. The number of carbonyl (C=O) groups is 2. The van der Waals surface area contributed by atoms with Gasteiger partial charge in [-0.3, -0.25) is 9.59 Å². The normalized spacial score (nSPS) is 12.5. The summed E-state index contributed by atoms with van der Waals surface area (Å²) in [6.07, 6.45) is -0.640. The monoisotopic (exact) mass is 299 g/mol. The van der Waals surface area contributed by atoms with Crippen LogP contribution < -0.4 is 5.32 Å². The van der Waals surface area contributed by atoms with Gasteiger partial charge in [-0.1, -0.05) is 0 Å². The van der Waals surface area contributed by atoms with Crippen molar-refractivity contribution in [3.8, 4) is 0 Å². The Morgan fingerprint density at radius 1 is 1.47 bits per heavy atom. The molecule has 5 nitrogen and oxygen atoms in total. The van der Waals surface area contributed by atoms with Crippen molar-refractivity contribution in [3.63, 3.8) is 0 Å². The first-order valence-corrected chi connectivity index (χ1v) is 7.29. The van der Waals surface area contributed by atoms with Crippen LogP contribution in [0.5, 0.6) is 0 Å². The molecule has 7 heteroatoms. The summed E-state index contributed by atoms with van der Waals surface area (Å²) in [7, 11) is 1.43. The van der Waals surface area contributed by atoms with Crippen LogP contribution in [0.2, 0.25) is 0 Å². The number of carboxylic acids is 1. The lowest BCUT2D eigenvalue weighted by Gasteiger charge is -2.13. The van der Waals surface area contributed by atoms with Gasteiger partial charge in [0, 0.05) is 23.1 Å². The Bertz CT molecular complexity index is 561.